The molecule has 4 aromatic rings. The molecular formula is C28H32N4O4. The van der Waals surface area contributed by atoms with Crippen molar-refractivity contribution in [3.8, 4) is 28.4 Å². The highest BCUT2D eigenvalue weighted by Gasteiger charge is 2.17. The number of aryl methyl sites for hydroxylation is 1. The molecule has 0 radical (unpaired) electrons. The summed E-state index contributed by atoms with van der Waals surface area (Å²) >= 11 is 0. The Hall–Kier alpha value is -3.75. The van der Waals surface area contributed by atoms with E-state index >= 15 is 0 Å². The van der Waals surface area contributed by atoms with Gasteiger partial charge < -0.3 is 34.4 Å². The molecule has 8 nitrogen and oxygen atoms in total. The molecule has 0 saturated carbocycles. The van der Waals surface area contributed by atoms with Gasteiger partial charge in [-0.3, -0.25) is 4.79 Å². The summed E-state index contributed by atoms with van der Waals surface area (Å²) in [5, 5.41) is 0.815. The lowest BCUT2D eigenvalue weighted by atomic mass is 10.0. The molecule has 0 aliphatic carbocycles. The van der Waals surface area contributed by atoms with E-state index < -0.39 is 0 Å². The first-order chi connectivity index (χ1) is 17.5. The first-order valence-corrected chi connectivity index (χ1v) is 12.3. The quantitative estimate of drug-likeness (QED) is 0.282. The van der Waals surface area contributed by atoms with Crippen LogP contribution >= 0.6 is 0 Å². The molecule has 1 aliphatic heterocycles. The molecule has 0 unspecified atom stereocenters. The van der Waals surface area contributed by atoms with Crippen LogP contribution < -0.4 is 20.8 Å². The van der Waals surface area contributed by atoms with Crippen LogP contribution in [0.1, 0.15) is 12.8 Å². The predicted octanol–water partition coefficient (Wildman–Crippen LogP) is 4.40. The Bertz CT molecular complexity index is 1400. The van der Waals surface area contributed by atoms with E-state index in [-0.39, 0.29) is 5.56 Å². The zero-order valence-electron chi connectivity index (χ0n) is 20.7. The Balaban J connectivity index is 1.31. The van der Waals surface area contributed by atoms with Crippen molar-refractivity contribution in [2.75, 3.05) is 39.1 Å². The number of anilines is 1. The Kier molecular flexibility index (Phi) is 6.97. The average Bonchev–Trinajstić information content (AvgIpc) is 3.37. The van der Waals surface area contributed by atoms with Gasteiger partial charge in [-0.15, -0.1) is 0 Å². The summed E-state index contributed by atoms with van der Waals surface area (Å²) in [6, 6.07) is 15.0. The Morgan fingerprint density at radius 3 is 2.64 bits per heavy atom. The van der Waals surface area contributed by atoms with Crippen LogP contribution in [0.4, 0.5) is 5.69 Å². The minimum atomic E-state index is -0.0882. The van der Waals surface area contributed by atoms with Crippen LogP contribution in [0.5, 0.6) is 17.2 Å². The first-order valence-electron chi connectivity index (χ1n) is 12.3. The van der Waals surface area contributed by atoms with Crippen LogP contribution in [0.2, 0.25) is 0 Å². The SMILES string of the molecule is CN1CCC(OCCOc2cccc(Oc3ccc(N)cc3-c3cn(C)c(=O)c4[nH]ccc34)c2)CC1. The van der Waals surface area contributed by atoms with E-state index in [1.54, 1.807) is 23.9 Å². The molecule has 2 aromatic carbocycles. The van der Waals surface area contributed by atoms with Gasteiger partial charge in [0.25, 0.3) is 5.56 Å². The zero-order valence-corrected chi connectivity index (χ0v) is 20.7. The van der Waals surface area contributed by atoms with Gasteiger partial charge in [0, 0.05) is 60.8 Å². The number of aromatic amines is 1. The van der Waals surface area contributed by atoms with Crippen LogP contribution in [0, 0.1) is 0 Å². The second-order valence-corrected chi connectivity index (χ2v) is 9.28. The minimum Gasteiger partial charge on any atom is -0.491 e. The van der Waals surface area contributed by atoms with Crippen molar-refractivity contribution in [2.45, 2.75) is 18.9 Å². The maximum atomic E-state index is 12.5. The Morgan fingerprint density at radius 2 is 1.81 bits per heavy atom. The highest BCUT2D eigenvalue weighted by molar-refractivity contribution is 5.96. The summed E-state index contributed by atoms with van der Waals surface area (Å²) in [7, 11) is 3.88. The zero-order chi connectivity index (χ0) is 25.1. The summed E-state index contributed by atoms with van der Waals surface area (Å²) in [5.74, 6) is 1.99. The van der Waals surface area contributed by atoms with E-state index in [0.717, 1.165) is 42.4 Å². The molecule has 2 aromatic heterocycles. The molecule has 3 heterocycles. The van der Waals surface area contributed by atoms with Gasteiger partial charge >= 0.3 is 0 Å². The van der Waals surface area contributed by atoms with Gasteiger partial charge in [0.15, 0.2) is 0 Å². The first kappa shape index (κ1) is 24.0. The third-order valence-corrected chi connectivity index (χ3v) is 6.59. The normalized spacial score (nSPS) is 14.8. The lowest BCUT2D eigenvalue weighted by Crippen LogP contribution is -2.34. The van der Waals surface area contributed by atoms with Crippen molar-refractivity contribution < 1.29 is 14.2 Å². The molecule has 1 fully saturated rings. The van der Waals surface area contributed by atoms with Crippen molar-refractivity contribution in [3.05, 3.63) is 71.3 Å². The van der Waals surface area contributed by atoms with Gasteiger partial charge in [0.2, 0.25) is 0 Å². The van der Waals surface area contributed by atoms with E-state index in [9.17, 15) is 4.79 Å². The van der Waals surface area contributed by atoms with Gasteiger partial charge in [0.1, 0.15) is 29.4 Å². The molecule has 8 heteroatoms. The third kappa shape index (κ3) is 5.24. The van der Waals surface area contributed by atoms with Crippen molar-refractivity contribution >= 4 is 16.6 Å². The fraction of sp³-hybridized carbons (Fsp3) is 0.321. The summed E-state index contributed by atoms with van der Waals surface area (Å²) in [6.45, 7) is 3.19. The van der Waals surface area contributed by atoms with Crippen LogP contribution in [-0.4, -0.2) is 53.9 Å². The van der Waals surface area contributed by atoms with Crippen molar-refractivity contribution in [1.82, 2.24) is 14.5 Å². The molecule has 1 aliphatic rings. The molecule has 36 heavy (non-hydrogen) atoms. The standard InChI is InChI=1S/C28H32N4O4/c1-31-12-9-20(10-13-31)34-14-15-35-21-4-3-5-22(17-21)36-26-7-6-19(29)16-24(26)25-18-32(2)28(33)27-23(25)8-11-30-27/h3-8,11,16-18,20,30H,9-10,12-15,29H2,1-2H3. The fourth-order valence-corrected chi connectivity index (χ4v) is 4.61. The van der Waals surface area contributed by atoms with Gasteiger partial charge in [-0.1, -0.05) is 6.07 Å². The summed E-state index contributed by atoms with van der Waals surface area (Å²) < 4.78 is 19.8. The largest absolute Gasteiger partial charge is 0.491 e. The Labute approximate surface area is 210 Å². The predicted molar refractivity (Wildman–Crippen MR) is 142 cm³/mol. The summed E-state index contributed by atoms with van der Waals surface area (Å²) in [6.07, 6.45) is 6.01. The smallest absolute Gasteiger partial charge is 0.274 e. The number of hydrogen-bond donors (Lipinski definition) is 2. The van der Waals surface area contributed by atoms with Gasteiger partial charge in [0.05, 0.1) is 12.7 Å². The maximum Gasteiger partial charge on any atom is 0.274 e. The highest BCUT2D eigenvalue weighted by atomic mass is 16.5. The minimum absolute atomic E-state index is 0.0882. The van der Waals surface area contributed by atoms with Gasteiger partial charge in [-0.2, -0.15) is 0 Å². The number of hydrogen-bond acceptors (Lipinski definition) is 6. The van der Waals surface area contributed by atoms with Gasteiger partial charge in [-0.05, 0) is 56.3 Å². The number of piperidine rings is 1. The number of rotatable bonds is 8. The molecule has 0 amide bonds. The number of nitrogens with one attached hydrogen (secondary N) is 1. The summed E-state index contributed by atoms with van der Waals surface area (Å²) in [4.78, 5) is 17.9. The number of fused-ring (bicyclic) bond motifs is 1. The molecule has 0 spiro atoms. The highest BCUT2D eigenvalue weighted by Crippen LogP contribution is 2.38. The number of nitrogens with two attached hydrogens (primary N) is 1. The van der Waals surface area contributed by atoms with Crippen LogP contribution in [0.15, 0.2) is 65.7 Å². The molecular weight excluding hydrogens is 456 g/mol. The van der Waals surface area contributed by atoms with E-state index in [0.29, 0.717) is 47.8 Å². The summed E-state index contributed by atoms with van der Waals surface area (Å²) in [5.41, 5.74) is 8.85. The second-order valence-electron chi connectivity index (χ2n) is 9.28. The Morgan fingerprint density at radius 1 is 1.00 bits per heavy atom. The van der Waals surface area contributed by atoms with E-state index in [2.05, 4.69) is 16.9 Å². The molecule has 5 rings (SSSR count). The molecule has 3 N–H and O–H groups in total. The molecule has 0 bridgehead atoms. The lowest BCUT2D eigenvalue weighted by molar-refractivity contribution is -0.000270. The lowest BCUT2D eigenvalue weighted by Gasteiger charge is -2.28. The molecule has 188 valence electrons. The average molecular weight is 489 g/mol. The second kappa shape index (κ2) is 10.5. The monoisotopic (exact) mass is 488 g/mol. The third-order valence-electron chi connectivity index (χ3n) is 6.59. The fourth-order valence-electron chi connectivity index (χ4n) is 4.61. The van der Waals surface area contributed by atoms with Crippen molar-refractivity contribution in [1.29, 1.82) is 0 Å². The van der Waals surface area contributed by atoms with Crippen LogP contribution in [0.25, 0.3) is 22.0 Å². The number of nitrogens with zero attached hydrogens (tertiary/aromatic N) is 2. The van der Waals surface area contributed by atoms with Crippen LogP contribution in [0.3, 0.4) is 0 Å². The number of likely N-dealkylation sites (tertiary alicyclic amines) is 1. The van der Waals surface area contributed by atoms with Crippen molar-refractivity contribution in [2.24, 2.45) is 7.05 Å². The number of benzene rings is 2. The van der Waals surface area contributed by atoms with E-state index in [1.807, 2.05) is 48.7 Å². The van der Waals surface area contributed by atoms with Crippen molar-refractivity contribution in [3.63, 3.8) is 0 Å². The molecule has 1 saturated heterocycles. The number of nitrogen functional groups attached to an aromatic ring is 1. The van der Waals surface area contributed by atoms with Crippen LogP contribution in [-0.2, 0) is 11.8 Å². The number of H-pyrrole nitrogens is 1. The van der Waals surface area contributed by atoms with Gasteiger partial charge in [-0.25, -0.2) is 0 Å². The number of pyridine rings is 1. The topological polar surface area (TPSA) is 94.7 Å². The number of ether oxygens (including phenoxy) is 3. The van der Waals surface area contributed by atoms with E-state index in [4.69, 9.17) is 19.9 Å². The molecule has 0 atom stereocenters. The maximum absolute atomic E-state index is 12.5. The number of aromatic nitrogens is 2. The van der Waals surface area contributed by atoms with E-state index in [1.165, 1.54) is 0 Å².